The van der Waals surface area contributed by atoms with Gasteiger partial charge in [0, 0.05) is 5.92 Å². The summed E-state index contributed by atoms with van der Waals surface area (Å²) in [5.41, 5.74) is 7.43. The molecule has 0 unspecified atom stereocenters. The number of oxazole rings is 1. The molecule has 2 heterocycles. The Bertz CT molecular complexity index is 510. The van der Waals surface area contributed by atoms with Gasteiger partial charge in [-0.05, 0) is 64.0 Å². The average Bonchev–Trinajstić information content (AvgIpc) is 2.92. The van der Waals surface area contributed by atoms with Gasteiger partial charge in [-0.2, -0.15) is 0 Å². The highest BCUT2D eigenvalue weighted by atomic mass is 16.3. The first-order valence-electron chi connectivity index (χ1n) is 7.64. The van der Waals surface area contributed by atoms with Gasteiger partial charge in [-0.1, -0.05) is 12.1 Å². The Labute approximate surface area is 120 Å². The molecule has 0 spiro atoms. The number of hydrogen-bond donors (Lipinski definition) is 1. The van der Waals surface area contributed by atoms with Crippen molar-refractivity contribution in [3.63, 3.8) is 0 Å². The maximum absolute atomic E-state index is 5.90. The number of hydrogen-bond acceptors (Lipinski definition) is 4. The Kier molecular flexibility index (Phi) is 4.33. The van der Waals surface area contributed by atoms with E-state index < -0.39 is 0 Å². The molecule has 4 nitrogen and oxygen atoms in total. The van der Waals surface area contributed by atoms with Gasteiger partial charge in [-0.3, -0.25) is 0 Å². The Morgan fingerprint density at radius 2 is 2.00 bits per heavy atom. The fourth-order valence-corrected chi connectivity index (χ4v) is 2.95. The van der Waals surface area contributed by atoms with E-state index >= 15 is 0 Å². The third kappa shape index (κ3) is 3.02. The van der Waals surface area contributed by atoms with E-state index in [0.717, 1.165) is 55.9 Å². The molecule has 3 rings (SSSR count). The van der Waals surface area contributed by atoms with Crippen molar-refractivity contribution in [2.24, 2.45) is 5.73 Å². The molecule has 0 amide bonds. The van der Waals surface area contributed by atoms with Crippen LogP contribution in [0.1, 0.15) is 37.5 Å². The van der Waals surface area contributed by atoms with Crippen LogP contribution in [-0.2, 0) is 0 Å². The smallest absolute Gasteiger partial charge is 0.198 e. The van der Waals surface area contributed by atoms with Crippen LogP contribution in [0, 0.1) is 0 Å². The molecule has 0 aliphatic carbocycles. The molecule has 108 valence electrons. The lowest BCUT2D eigenvalue weighted by molar-refractivity contribution is 0.198. The third-order valence-electron chi connectivity index (χ3n) is 4.18. The molecule has 0 saturated carbocycles. The van der Waals surface area contributed by atoms with Gasteiger partial charge in [0.1, 0.15) is 5.52 Å². The van der Waals surface area contributed by atoms with Crippen molar-refractivity contribution in [1.29, 1.82) is 0 Å². The SMILES string of the molecule is NCCCCN1CCC(c2nc3ccccc3o2)CC1. The number of fused-ring (bicyclic) bond motifs is 1. The minimum absolute atomic E-state index is 0.480. The van der Waals surface area contributed by atoms with Gasteiger partial charge in [-0.15, -0.1) is 0 Å². The number of unbranched alkanes of at least 4 members (excludes halogenated alkanes) is 1. The van der Waals surface area contributed by atoms with Crippen molar-refractivity contribution in [2.45, 2.75) is 31.6 Å². The zero-order chi connectivity index (χ0) is 13.8. The molecule has 1 fully saturated rings. The second-order valence-electron chi connectivity index (χ2n) is 5.63. The zero-order valence-corrected chi connectivity index (χ0v) is 11.9. The van der Waals surface area contributed by atoms with E-state index in [9.17, 15) is 0 Å². The van der Waals surface area contributed by atoms with Crippen LogP contribution >= 0.6 is 0 Å². The van der Waals surface area contributed by atoms with Gasteiger partial charge in [0.25, 0.3) is 0 Å². The molecular formula is C16H23N3O. The second-order valence-corrected chi connectivity index (χ2v) is 5.63. The van der Waals surface area contributed by atoms with Crippen LogP contribution in [-0.4, -0.2) is 36.1 Å². The number of benzene rings is 1. The number of piperidine rings is 1. The molecule has 20 heavy (non-hydrogen) atoms. The van der Waals surface area contributed by atoms with Crippen molar-refractivity contribution in [2.75, 3.05) is 26.2 Å². The summed E-state index contributed by atoms with van der Waals surface area (Å²) in [6.45, 7) is 4.28. The summed E-state index contributed by atoms with van der Waals surface area (Å²) in [6.07, 6.45) is 4.64. The van der Waals surface area contributed by atoms with E-state index in [2.05, 4.69) is 9.88 Å². The van der Waals surface area contributed by atoms with Crippen LogP contribution < -0.4 is 5.73 Å². The molecule has 1 aliphatic rings. The van der Waals surface area contributed by atoms with Gasteiger partial charge in [0.2, 0.25) is 0 Å². The van der Waals surface area contributed by atoms with E-state index in [1.54, 1.807) is 0 Å². The van der Waals surface area contributed by atoms with Crippen molar-refractivity contribution >= 4 is 11.1 Å². The van der Waals surface area contributed by atoms with Gasteiger partial charge in [0.15, 0.2) is 11.5 Å². The fraction of sp³-hybridized carbons (Fsp3) is 0.562. The van der Waals surface area contributed by atoms with Crippen LogP contribution in [0.3, 0.4) is 0 Å². The highest BCUT2D eigenvalue weighted by Crippen LogP contribution is 2.29. The van der Waals surface area contributed by atoms with Crippen molar-refractivity contribution in [3.8, 4) is 0 Å². The molecule has 0 radical (unpaired) electrons. The summed E-state index contributed by atoms with van der Waals surface area (Å²) >= 11 is 0. The number of rotatable bonds is 5. The second kappa shape index (κ2) is 6.37. The predicted molar refractivity (Wildman–Crippen MR) is 80.7 cm³/mol. The van der Waals surface area contributed by atoms with Gasteiger partial charge in [0.05, 0.1) is 0 Å². The average molecular weight is 273 g/mol. The molecule has 2 N–H and O–H groups in total. The summed E-state index contributed by atoms with van der Waals surface area (Å²) in [5, 5.41) is 0. The maximum Gasteiger partial charge on any atom is 0.198 e. The van der Waals surface area contributed by atoms with Gasteiger partial charge < -0.3 is 15.1 Å². The molecule has 0 atom stereocenters. The molecule has 0 bridgehead atoms. The molecule has 1 aromatic carbocycles. The van der Waals surface area contributed by atoms with E-state index in [1.165, 1.54) is 13.0 Å². The normalized spacial score (nSPS) is 17.9. The highest BCUT2D eigenvalue weighted by molar-refractivity contribution is 5.72. The monoisotopic (exact) mass is 273 g/mol. The Morgan fingerprint density at radius 1 is 1.20 bits per heavy atom. The van der Waals surface area contributed by atoms with Crippen LogP contribution in [0.25, 0.3) is 11.1 Å². The largest absolute Gasteiger partial charge is 0.440 e. The number of para-hydroxylation sites is 2. The first-order valence-corrected chi connectivity index (χ1v) is 7.64. The van der Waals surface area contributed by atoms with Crippen LogP contribution in [0.5, 0.6) is 0 Å². The summed E-state index contributed by atoms with van der Waals surface area (Å²) in [7, 11) is 0. The molecule has 2 aromatic rings. The summed E-state index contributed by atoms with van der Waals surface area (Å²) < 4.78 is 5.90. The number of nitrogens with zero attached hydrogens (tertiary/aromatic N) is 2. The Morgan fingerprint density at radius 3 is 2.75 bits per heavy atom. The molecule has 1 aliphatic heterocycles. The summed E-state index contributed by atoms with van der Waals surface area (Å²) in [4.78, 5) is 7.17. The highest BCUT2D eigenvalue weighted by Gasteiger charge is 2.24. The van der Waals surface area contributed by atoms with E-state index in [1.807, 2.05) is 24.3 Å². The first-order chi connectivity index (χ1) is 9.86. The van der Waals surface area contributed by atoms with Crippen molar-refractivity contribution < 1.29 is 4.42 Å². The third-order valence-corrected chi connectivity index (χ3v) is 4.18. The van der Waals surface area contributed by atoms with Gasteiger partial charge in [-0.25, -0.2) is 4.98 Å². The minimum Gasteiger partial charge on any atom is -0.440 e. The van der Waals surface area contributed by atoms with Crippen LogP contribution in [0.15, 0.2) is 28.7 Å². The fourth-order valence-electron chi connectivity index (χ4n) is 2.95. The molecule has 1 aromatic heterocycles. The van der Waals surface area contributed by atoms with Crippen molar-refractivity contribution in [3.05, 3.63) is 30.2 Å². The van der Waals surface area contributed by atoms with Gasteiger partial charge >= 0.3 is 0 Å². The molecular weight excluding hydrogens is 250 g/mol. The molecule has 1 saturated heterocycles. The topological polar surface area (TPSA) is 55.3 Å². The lowest BCUT2D eigenvalue weighted by atomic mass is 9.96. The van der Waals surface area contributed by atoms with Crippen LogP contribution in [0.2, 0.25) is 0 Å². The van der Waals surface area contributed by atoms with E-state index in [-0.39, 0.29) is 0 Å². The number of likely N-dealkylation sites (tertiary alicyclic amines) is 1. The van der Waals surface area contributed by atoms with E-state index in [0.29, 0.717) is 5.92 Å². The minimum atomic E-state index is 0.480. The Hall–Kier alpha value is -1.39. The quantitative estimate of drug-likeness (QED) is 0.851. The molecule has 4 heteroatoms. The predicted octanol–water partition coefficient (Wildman–Crippen LogP) is 2.75. The van der Waals surface area contributed by atoms with Crippen molar-refractivity contribution in [1.82, 2.24) is 9.88 Å². The lowest BCUT2D eigenvalue weighted by Gasteiger charge is -2.30. The lowest BCUT2D eigenvalue weighted by Crippen LogP contribution is -2.33. The standard InChI is InChI=1S/C16H23N3O/c17-9-3-4-10-19-11-7-13(8-12-19)16-18-14-5-1-2-6-15(14)20-16/h1-2,5-6,13H,3-4,7-12,17H2. The summed E-state index contributed by atoms with van der Waals surface area (Å²) in [6, 6.07) is 8.02. The number of aromatic nitrogens is 1. The zero-order valence-electron chi connectivity index (χ0n) is 11.9. The maximum atomic E-state index is 5.90. The first kappa shape index (κ1) is 13.6. The van der Waals surface area contributed by atoms with E-state index in [4.69, 9.17) is 10.2 Å². The summed E-state index contributed by atoms with van der Waals surface area (Å²) in [5.74, 6) is 1.40. The Balaban J connectivity index is 1.57. The van der Waals surface area contributed by atoms with Crippen LogP contribution in [0.4, 0.5) is 0 Å². The number of nitrogens with two attached hydrogens (primary N) is 1.